The van der Waals surface area contributed by atoms with Crippen molar-refractivity contribution >= 4 is 105 Å². The Morgan fingerprint density at radius 3 is 1.29 bits per heavy atom. The third-order valence-corrected chi connectivity index (χ3v) is 22.1. The Bertz CT molecular complexity index is 313. The fourth-order valence-electron chi connectivity index (χ4n) is 0.873. The molecule has 0 radical (unpaired) electrons. The van der Waals surface area contributed by atoms with Gasteiger partial charge in [0.25, 0.3) is 0 Å². The Hall–Kier alpha value is 2.76. The minimum atomic E-state index is 0.727. The van der Waals surface area contributed by atoms with Crippen LogP contribution >= 0.6 is 45.2 Å². The number of halogens is 2. The topological polar surface area (TPSA) is 0 Å². The van der Waals surface area contributed by atoms with Crippen LogP contribution in [-0.2, 0) is 0 Å². The van der Waals surface area contributed by atoms with Crippen LogP contribution in [0.1, 0.15) is 13.8 Å². The summed E-state index contributed by atoms with van der Waals surface area (Å²) in [5, 5.41) is 0. The number of allylic oxidation sites excluding steroid dienone is 2. The van der Waals surface area contributed by atoms with Crippen LogP contribution in [0.2, 0.25) is 0 Å². The van der Waals surface area contributed by atoms with Gasteiger partial charge in [-0.25, -0.2) is 0 Å². The molecule has 0 spiro atoms. The molecule has 14 heavy (non-hydrogen) atoms. The molecule has 0 N–H and O–H groups in total. The van der Waals surface area contributed by atoms with E-state index in [9.17, 15) is 0 Å². The van der Waals surface area contributed by atoms with Gasteiger partial charge in [-0.15, -0.1) is 0 Å². The van der Waals surface area contributed by atoms with E-state index in [1.807, 2.05) is 6.74 Å². The van der Waals surface area contributed by atoms with Crippen LogP contribution in [0.15, 0.2) is 20.6 Å². The average Bonchev–Trinajstić information content (AvgIpc) is 2.60. The first kappa shape index (κ1) is 13.2. The predicted octanol–water partition coefficient (Wildman–Crippen LogP) is 2.21. The number of rotatable bonds is 0. The molecular formula is C8H6I2Se4. The van der Waals surface area contributed by atoms with Gasteiger partial charge < -0.3 is 0 Å². The summed E-state index contributed by atoms with van der Waals surface area (Å²) < 4.78 is 10.5. The summed E-state index contributed by atoms with van der Waals surface area (Å²) in [6.45, 7) is 4.66. The fraction of sp³-hybridized carbons (Fsp3) is 0.250. The van der Waals surface area contributed by atoms with Crippen molar-refractivity contribution in [3.05, 3.63) is 20.6 Å². The summed E-state index contributed by atoms with van der Waals surface area (Å²) >= 11 is 8.04. The van der Waals surface area contributed by atoms with Gasteiger partial charge >= 0.3 is 139 Å². The van der Waals surface area contributed by atoms with Gasteiger partial charge in [0.1, 0.15) is 0 Å². The molecule has 0 unspecified atom stereocenters. The third-order valence-electron chi connectivity index (χ3n) is 1.58. The molecule has 0 bridgehead atoms. The summed E-state index contributed by atoms with van der Waals surface area (Å²) in [5.74, 6) is 0. The van der Waals surface area contributed by atoms with Crippen LogP contribution in [0.4, 0.5) is 0 Å². The van der Waals surface area contributed by atoms with Crippen molar-refractivity contribution in [3.8, 4) is 0 Å². The molecule has 2 rings (SSSR count). The molecule has 0 atom stereocenters. The van der Waals surface area contributed by atoms with Crippen LogP contribution < -0.4 is 0 Å². The van der Waals surface area contributed by atoms with Gasteiger partial charge in [0.15, 0.2) is 0 Å². The molecule has 2 aliphatic rings. The zero-order chi connectivity index (χ0) is 10.3. The fourth-order valence-corrected chi connectivity index (χ4v) is 22.4. The van der Waals surface area contributed by atoms with E-state index >= 15 is 0 Å². The summed E-state index contributed by atoms with van der Waals surface area (Å²) in [4.78, 5) is 0. The molecule has 0 nitrogen and oxygen atoms in total. The van der Waals surface area contributed by atoms with Crippen molar-refractivity contribution in [2.45, 2.75) is 13.8 Å². The molecule has 0 aromatic carbocycles. The zero-order valence-corrected chi connectivity index (χ0v) is 18.6. The van der Waals surface area contributed by atoms with E-state index in [4.69, 9.17) is 0 Å². The van der Waals surface area contributed by atoms with E-state index in [-0.39, 0.29) is 0 Å². The molecular weight excluding hydrogens is 666 g/mol. The van der Waals surface area contributed by atoms with Crippen LogP contribution in [0, 0.1) is 0 Å². The summed E-state index contributed by atoms with van der Waals surface area (Å²) in [6, 6.07) is 0. The van der Waals surface area contributed by atoms with Crippen molar-refractivity contribution in [3.63, 3.8) is 0 Å². The van der Waals surface area contributed by atoms with Crippen LogP contribution in [0.5, 0.6) is 0 Å². The SMILES string of the molecule is CC1=C(I)[Se]/C(=C2\[Se]C(C)=C(I)[Se]2)[Se]1. The van der Waals surface area contributed by atoms with Gasteiger partial charge in [0.05, 0.1) is 0 Å². The number of hydrogen-bond donors (Lipinski definition) is 0. The van der Waals surface area contributed by atoms with Gasteiger partial charge in [0.2, 0.25) is 0 Å². The van der Waals surface area contributed by atoms with Gasteiger partial charge in [-0.1, -0.05) is 0 Å². The molecule has 0 aromatic rings. The van der Waals surface area contributed by atoms with Crippen molar-refractivity contribution in [1.29, 1.82) is 0 Å². The van der Waals surface area contributed by atoms with E-state index in [2.05, 4.69) is 59.0 Å². The van der Waals surface area contributed by atoms with Gasteiger partial charge in [-0.2, -0.15) is 0 Å². The van der Waals surface area contributed by atoms with E-state index < -0.39 is 0 Å². The Morgan fingerprint density at radius 2 is 1.07 bits per heavy atom. The second-order valence-electron chi connectivity index (χ2n) is 2.64. The van der Waals surface area contributed by atoms with Crippen molar-refractivity contribution < 1.29 is 0 Å². The molecule has 0 fully saturated rings. The molecule has 2 heterocycles. The average molecular weight is 672 g/mol. The first-order valence-corrected chi connectivity index (χ1v) is 12.8. The minimum absolute atomic E-state index is 0.727. The van der Waals surface area contributed by atoms with Gasteiger partial charge in [-0.05, 0) is 0 Å². The van der Waals surface area contributed by atoms with Crippen molar-refractivity contribution in [2.75, 3.05) is 0 Å². The Kier molecular flexibility index (Phi) is 5.28. The Morgan fingerprint density at radius 1 is 0.714 bits per heavy atom. The van der Waals surface area contributed by atoms with E-state index in [0.717, 1.165) is 59.8 Å². The summed E-state index contributed by atoms with van der Waals surface area (Å²) in [5.41, 5.74) is 0. The monoisotopic (exact) mass is 676 g/mol. The normalized spacial score (nSPS) is 28.3. The Labute approximate surface area is 137 Å². The first-order chi connectivity index (χ1) is 6.58. The molecule has 0 amide bonds. The maximum absolute atomic E-state index is 2.56. The second-order valence-corrected chi connectivity index (χ2v) is 20.1. The van der Waals surface area contributed by atoms with E-state index in [0.29, 0.717) is 0 Å². The molecule has 6 heteroatoms. The molecule has 76 valence electrons. The van der Waals surface area contributed by atoms with Crippen LogP contribution in [-0.4, -0.2) is 59.8 Å². The molecule has 0 aromatic heterocycles. The first-order valence-electron chi connectivity index (χ1n) is 3.76. The van der Waals surface area contributed by atoms with Gasteiger partial charge in [-0.3, -0.25) is 0 Å². The number of hydrogen-bond acceptors (Lipinski definition) is 0. The van der Waals surface area contributed by atoms with Crippen molar-refractivity contribution in [1.82, 2.24) is 0 Å². The van der Waals surface area contributed by atoms with Crippen LogP contribution in [0.3, 0.4) is 0 Å². The molecule has 2 aliphatic heterocycles. The molecule has 0 aliphatic carbocycles. The van der Waals surface area contributed by atoms with Crippen molar-refractivity contribution in [2.24, 2.45) is 0 Å². The molecule has 0 saturated carbocycles. The molecule has 0 saturated heterocycles. The zero-order valence-electron chi connectivity index (χ0n) is 7.39. The van der Waals surface area contributed by atoms with E-state index in [1.165, 1.54) is 0 Å². The standard InChI is InChI=1S/C8H6I2Se4/c1-3-5(9)13-7(11-3)8-12-4(2)6(10)14-8/h1-2H3/b8-7+. The summed E-state index contributed by atoms with van der Waals surface area (Å²) in [6.07, 6.45) is 0. The predicted molar refractivity (Wildman–Crippen MR) is 83.5 cm³/mol. The summed E-state index contributed by atoms with van der Waals surface area (Å²) in [7, 11) is 0. The van der Waals surface area contributed by atoms with E-state index in [1.54, 1.807) is 13.9 Å². The van der Waals surface area contributed by atoms with Gasteiger partial charge in [0, 0.05) is 0 Å². The third kappa shape index (κ3) is 2.95. The maximum atomic E-state index is 2.56. The van der Waals surface area contributed by atoms with Crippen LogP contribution in [0.25, 0.3) is 0 Å². The second kappa shape index (κ2) is 5.60. The quantitative estimate of drug-likeness (QED) is 0.274. The Balaban J connectivity index is 2.17.